The van der Waals surface area contributed by atoms with Gasteiger partial charge in [0, 0.05) is 24.0 Å². The Morgan fingerprint density at radius 3 is 2.82 bits per heavy atom. The zero-order chi connectivity index (χ0) is 19.5. The number of nitrogens with one attached hydrogen (secondary N) is 2. The van der Waals surface area contributed by atoms with Crippen LogP contribution in [0.25, 0.3) is 11.1 Å². The number of hydrogen-bond donors (Lipinski definition) is 2. The molecule has 0 aliphatic carbocycles. The number of aryl methyl sites for hydroxylation is 1. The molecule has 2 N–H and O–H groups in total. The second-order valence-electron chi connectivity index (χ2n) is 6.13. The van der Waals surface area contributed by atoms with Crippen LogP contribution in [0.1, 0.15) is 23.2 Å². The summed E-state index contributed by atoms with van der Waals surface area (Å²) >= 11 is 0. The van der Waals surface area contributed by atoms with Gasteiger partial charge in [-0.25, -0.2) is 14.4 Å². The van der Waals surface area contributed by atoms with E-state index in [1.54, 1.807) is 48.7 Å². The fourth-order valence-electron chi connectivity index (χ4n) is 2.79. The van der Waals surface area contributed by atoms with Gasteiger partial charge in [0.1, 0.15) is 17.2 Å². The summed E-state index contributed by atoms with van der Waals surface area (Å²) in [6.07, 6.45) is 2.26. The first-order chi connectivity index (χ1) is 13.6. The molecule has 140 valence electrons. The average Bonchev–Trinajstić information content (AvgIpc) is 3.11. The van der Waals surface area contributed by atoms with Crippen molar-refractivity contribution in [1.82, 2.24) is 9.97 Å². The number of carbonyl (C=O) groups is 1. The monoisotopic (exact) mass is 376 g/mol. The topological polar surface area (TPSA) is 80.0 Å². The molecule has 6 nitrogen and oxygen atoms in total. The van der Waals surface area contributed by atoms with E-state index in [0.717, 1.165) is 0 Å². The lowest BCUT2D eigenvalue weighted by Crippen LogP contribution is -2.14. The van der Waals surface area contributed by atoms with Gasteiger partial charge in [0.25, 0.3) is 5.91 Å². The van der Waals surface area contributed by atoms with Gasteiger partial charge in [-0.3, -0.25) is 4.79 Å². The van der Waals surface area contributed by atoms with Gasteiger partial charge in [0.2, 0.25) is 0 Å². The summed E-state index contributed by atoms with van der Waals surface area (Å²) in [4.78, 5) is 21.4. The van der Waals surface area contributed by atoms with Crippen LogP contribution >= 0.6 is 0 Å². The number of oxazole rings is 1. The van der Waals surface area contributed by atoms with E-state index < -0.39 is 0 Å². The van der Waals surface area contributed by atoms with Crippen molar-refractivity contribution < 1.29 is 13.6 Å². The van der Waals surface area contributed by atoms with Gasteiger partial charge in [0.15, 0.2) is 11.5 Å². The maximum atomic E-state index is 13.4. The van der Waals surface area contributed by atoms with Crippen LogP contribution in [0.4, 0.5) is 21.6 Å². The van der Waals surface area contributed by atoms with Crippen LogP contribution < -0.4 is 10.6 Å². The Balaban J connectivity index is 1.58. The molecule has 4 rings (SSSR count). The number of carbonyl (C=O) groups excluding carboxylic acids is 1. The number of benzene rings is 2. The van der Waals surface area contributed by atoms with Gasteiger partial charge in [-0.15, -0.1) is 0 Å². The van der Waals surface area contributed by atoms with Gasteiger partial charge >= 0.3 is 0 Å². The van der Waals surface area contributed by atoms with Crippen LogP contribution in [0.2, 0.25) is 0 Å². The van der Waals surface area contributed by atoms with Crippen LogP contribution in [-0.4, -0.2) is 15.9 Å². The summed E-state index contributed by atoms with van der Waals surface area (Å²) in [5.41, 5.74) is 2.78. The molecule has 1 amide bonds. The van der Waals surface area contributed by atoms with Crippen molar-refractivity contribution in [2.45, 2.75) is 13.3 Å². The number of hydrogen-bond acceptors (Lipinski definition) is 5. The molecule has 0 aliphatic heterocycles. The molecule has 0 unspecified atom stereocenters. The van der Waals surface area contributed by atoms with E-state index in [4.69, 9.17) is 4.42 Å². The highest BCUT2D eigenvalue weighted by atomic mass is 19.1. The zero-order valence-electron chi connectivity index (χ0n) is 15.1. The quantitative estimate of drug-likeness (QED) is 0.517. The Bertz CT molecular complexity index is 1160. The minimum atomic E-state index is -0.376. The lowest BCUT2D eigenvalue weighted by molar-refractivity contribution is 0.102. The molecule has 2 aromatic heterocycles. The first kappa shape index (κ1) is 17.7. The molecule has 0 saturated carbocycles. The highest BCUT2D eigenvalue weighted by molar-refractivity contribution is 6.08. The molecule has 0 spiro atoms. The second-order valence-corrected chi connectivity index (χ2v) is 6.13. The van der Waals surface area contributed by atoms with E-state index >= 15 is 0 Å². The normalized spacial score (nSPS) is 10.8. The molecule has 28 heavy (non-hydrogen) atoms. The number of pyridine rings is 1. The largest absolute Gasteiger partial charge is 0.441 e. The van der Waals surface area contributed by atoms with Crippen molar-refractivity contribution in [3.63, 3.8) is 0 Å². The van der Waals surface area contributed by atoms with Crippen molar-refractivity contribution in [3.8, 4) is 0 Å². The van der Waals surface area contributed by atoms with E-state index in [1.807, 2.05) is 6.92 Å². The van der Waals surface area contributed by atoms with Gasteiger partial charge in [-0.1, -0.05) is 13.0 Å². The van der Waals surface area contributed by atoms with Crippen LogP contribution in [0, 0.1) is 5.82 Å². The van der Waals surface area contributed by atoms with Crippen molar-refractivity contribution in [3.05, 3.63) is 78.1 Å². The van der Waals surface area contributed by atoms with E-state index in [9.17, 15) is 9.18 Å². The molecule has 0 fully saturated rings. The second kappa shape index (κ2) is 7.48. The Morgan fingerprint density at radius 1 is 1.11 bits per heavy atom. The number of rotatable bonds is 5. The zero-order valence-corrected chi connectivity index (χ0v) is 15.1. The number of halogens is 1. The first-order valence-electron chi connectivity index (χ1n) is 8.81. The third-order valence-electron chi connectivity index (χ3n) is 4.13. The maximum absolute atomic E-state index is 13.4. The van der Waals surface area contributed by atoms with E-state index in [0.29, 0.717) is 46.2 Å². The van der Waals surface area contributed by atoms with Crippen molar-refractivity contribution in [1.29, 1.82) is 0 Å². The van der Waals surface area contributed by atoms with Crippen molar-refractivity contribution in [2.24, 2.45) is 0 Å². The number of nitrogens with zero attached hydrogens (tertiary/aromatic N) is 2. The highest BCUT2D eigenvalue weighted by Gasteiger charge is 2.14. The van der Waals surface area contributed by atoms with Crippen molar-refractivity contribution in [2.75, 3.05) is 10.6 Å². The number of amides is 1. The molecule has 2 heterocycles. The minimum Gasteiger partial charge on any atom is -0.441 e. The van der Waals surface area contributed by atoms with Crippen LogP contribution in [0.3, 0.4) is 0 Å². The Kier molecular flexibility index (Phi) is 4.72. The van der Waals surface area contributed by atoms with Gasteiger partial charge < -0.3 is 15.1 Å². The predicted octanol–water partition coefficient (Wildman–Crippen LogP) is 4.92. The Morgan fingerprint density at radius 2 is 2.00 bits per heavy atom. The average molecular weight is 376 g/mol. The number of fused-ring (bicyclic) bond motifs is 1. The summed E-state index contributed by atoms with van der Waals surface area (Å²) in [6, 6.07) is 14.6. The van der Waals surface area contributed by atoms with Gasteiger partial charge in [-0.05, 0) is 48.5 Å². The smallest absolute Gasteiger partial charge is 0.259 e. The van der Waals surface area contributed by atoms with Crippen molar-refractivity contribution >= 4 is 34.2 Å². The van der Waals surface area contributed by atoms with Crippen LogP contribution in [0.15, 0.2) is 65.2 Å². The van der Waals surface area contributed by atoms with Gasteiger partial charge in [0.05, 0.1) is 5.56 Å². The molecular weight excluding hydrogens is 359 g/mol. The molecule has 0 bridgehead atoms. The molecule has 2 aromatic carbocycles. The summed E-state index contributed by atoms with van der Waals surface area (Å²) in [5.74, 6) is 0.263. The molecule has 0 radical (unpaired) electrons. The summed E-state index contributed by atoms with van der Waals surface area (Å²) in [7, 11) is 0. The molecule has 0 atom stereocenters. The fourth-order valence-corrected chi connectivity index (χ4v) is 2.79. The third-order valence-corrected chi connectivity index (χ3v) is 4.13. The molecule has 0 saturated heterocycles. The summed E-state index contributed by atoms with van der Waals surface area (Å²) in [5, 5.41) is 5.82. The summed E-state index contributed by atoms with van der Waals surface area (Å²) < 4.78 is 19.0. The van der Waals surface area contributed by atoms with Crippen LogP contribution in [0.5, 0.6) is 0 Å². The van der Waals surface area contributed by atoms with E-state index in [1.165, 1.54) is 12.1 Å². The SMILES string of the molecule is CCc1nc2cc(NC(=O)c3cccnc3Nc3cccc(F)c3)ccc2o1. The number of aromatic nitrogens is 2. The van der Waals surface area contributed by atoms with Crippen LogP contribution in [-0.2, 0) is 6.42 Å². The fraction of sp³-hybridized carbons (Fsp3) is 0.0952. The lowest BCUT2D eigenvalue weighted by Gasteiger charge is -2.11. The minimum absolute atomic E-state index is 0.334. The first-order valence-corrected chi connectivity index (χ1v) is 8.81. The maximum Gasteiger partial charge on any atom is 0.259 e. The predicted molar refractivity (Wildman–Crippen MR) is 105 cm³/mol. The Hall–Kier alpha value is -3.74. The molecular formula is C21H17FN4O2. The Labute approximate surface area is 160 Å². The highest BCUT2D eigenvalue weighted by Crippen LogP contribution is 2.23. The third kappa shape index (κ3) is 3.68. The number of anilines is 3. The van der Waals surface area contributed by atoms with E-state index in [2.05, 4.69) is 20.6 Å². The summed E-state index contributed by atoms with van der Waals surface area (Å²) in [6.45, 7) is 1.96. The molecule has 0 aliphatic rings. The standard InChI is InChI=1S/C21H17FN4O2/c1-2-19-26-17-12-15(8-9-18(17)28-19)25-21(27)16-7-4-10-23-20(16)24-14-6-3-5-13(22)11-14/h3-12H,2H2,1H3,(H,23,24)(H,25,27). The molecule has 7 heteroatoms. The van der Waals surface area contributed by atoms with E-state index in [-0.39, 0.29) is 11.7 Å². The lowest BCUT2D eigenvalue weighted by atomic mass is 10.2. The molecule has 4 aromatic rings. The van der Waals surface area contributed by atoms with Gasteiger partial charge in [-0.2, -0.15) is 0 Å².